The second-order valence-corrected chi connectivity index (χ2v) is 8.88. The van der Waals surface area contributed by atoms with Crippen molar-refractivity contribution in [1.29, 1.82) is 0 Å². The maximum atomic E-state index is 14.5. The highest BCUT2D eigenvalue weighted by Crippen LogP contribution is 2.42. The number of hydrogen-bond acceptors (Lipinski definition) is 5. The SMILES string of the molecule is Cc1occc1C(=O)Nc1nc(CC(=O)NCC2(c3c(F)cccc3F)CCCC2)cs1. The molecule has 0 radical (unpaired) electrons. The molecule has 0 unspecified atom stereocenters. The molecule has 1 aliphatic carbocycles. The molecule has 6 nitrogen and oxygen atoms in total. The molecule has 0 bridgehead atoms. The zero-order valence-electron chi connectivity index (χ0n) is 17.5. The molecule has 3 aromatic rings. The summed E-state index contributed by atoms with van der Waals surface area (Å²) in [6, 6.07) is 5.44. The Hall–Kier alpha value is -3.07. The first-order chi connectivity index (χ1) is 15.4. The van der Waals surface area contributed by atoms with E-state index in [1.165, 1.54) is 35.8 Å². The van der Waals surface area contributed by atoms with Crippen LogP contribution in [0.5, 0.6) is 0 Å². The Morgan fingerprint density at radius 1 is 1.19 bits per heavy atom. The molecular weight excluding hydrogens is 436 g/mol. The van der Waals surface area contributed by atoms with Gasteiger partial charge in [0, 0.05) is 22.9 Å². The number of rotatable bonds is 7. The van der Waals surface area contributed by atoms with Gasteiger partial charge < -0.3 is 9.73 Å². The van der Waals surface area contributed by atoms with Crippen LogP contribution in [-0.2, 0) is 16.6 Å². The number of anilines is 1. The molecule has 2 aromatic heterocycles. The van der Waals surface area contributed by atoms with E-state index in [1.54, 1.807) is 18.4 Å². The van der Waals surface area contributed by atoms with Crippen LogP contribution < -0.4 is 10.6 Å². The Morgan fingerprint density at radius 3 is 2.56 bits per heavy atom. The Bertz CT molecular complexity index is 1110. The number of benzene rings is 1. The van der Waals surface area contributed by atoms with E-state index >= 15 is 0 Å². The number of nitrogens with zero attached hydrogens (tertiary/aromatic N) is 1. The first-order valence-corrected chi connectivity index (χ1v) is 11.3. The van der Waals surface area contributed by atoms with Gasteiger partial charge in [-0.15, -0.1) is 11.3 Å². The van der Waals surface area contributed by atoms with Crippen molar-refractivity contribution >= 4 is 28.3 Å². The van der Waals surface area contributed by atoms with Crippen LogP contribution in [0.3, 0.4) is 0 Å². The smallest absolute Gasteiger partial charge is 0.260 e. The van der Waals surface area contributed by atoms with Crippen LogP contribution in [-0.4, -0.2) is 23.3 Å². The van der Waals surface area contributed by atoms with Gasteiger partial charge in [-0.05, 0) is 38.0 Å². The Labute approximate surface area is 188 Å². The van der Waals surface area contributed by atoms with Gasteiger partial charge >= 0.3 is 0 Å². The number of halogens is 2. The second-order valence-electron chi connectivity index (χ2n) is 8.03. The van der Waals surface area contributed by atoms with Gasteiger partial charge in [0.2, 0.25) is 5.91 Å². The van der Waals surface area contributed by atoms with E-state index in [1.807, 2.05) is 0 Å². The summed E-state index contributed by atoms with van der Waals surface area (Å²) >= 11 is 1.21. The number of furan rings is 1. The third-order valence-corrected chi connectivity index (χ3v) is 6.70. The normalized spacial score (nSPS) is 15.0. The zero-order valence-corrected chi connectivity index (χ0v) is 18.4. The standard InChI is InChI=1S/C23H23F2N3O3S/c1-14-16(7-10-31-14)21(30)28-22-27-15(12-32-22)11-19(29)26-13-23(8-2-3-9-23)20-17(24)5-4-6-18(20)25/h4-7,10,12H,2-3,8-9,11,13H2,1H3,(H,26,29)(H,27,28,30). The lowest BCUT2D eigenvalue weighted by Crippen LogP contribution is -2.40. The van der Waals surface area contributed by atoms with Gasteiger partial charge in [-0.25, -0.2) is 13.8 Å². The molecule has 168 valence electrons. The minimum Gasteiger partial charge on any atom is -0.469 e. The summed E-state index contributed by atoms with van der Waals surface area (Å²) in [6.07, 6.45) is 4.39. The largest absolute Gasteiger partial charge is 0.469 e. The van der Waals surface area contributed by atoms with Gasteiger partial charge in [0.15, 0.2) is 5.13 Å². The highest BCUT2D eigenvalue weighted by molar-refractivity contribution is 7.14. The predicted octanol–water partition coefficient (Wildman–Crippen LogP) is 4.75. The van der Waals surface area contributed by atoms with Crippen LogP contribution in [0.1, 0.15) is 53.1 Å². The molecule has 32 heavy (non-hydrogen) atoms. The van der Waals surface area contributed by atoms with Crippen LogP contribution in [0.4, 0.5) is 13.9 Å². The van der Waals surface area contributed by atoms with Crippen LogP contribution in [0.15, 0.2) is 40.3 Å². The van der Waals surface area contributed by atoms with Crippen molar-refractivity contribution in [3.63, 3.8) is 0 Å². The Morgan fingerprint density at radius 2 is 1.91 bits per heavy atom. The van der Waals surface area contributed by atoms with Crippen LogP contribution >= 0.6 is 11.3 Å². The van der Waals surface area contributed by atoms with E-state index < -0.39 is 17.0 Å². The van der Waals surface area contributed by atoms with E-state index in [4.69, 9.17) is 4.42 Å². The van der Waals surface area contributed by atoms with Crippen molar-refractivity contribution in [2.75, 3.05) is 11.9 Å². The quantitative estimate of drug-likeness (QED) is 0.534. The summed E-state index contributed by atoms with van der Waals surface area (Å²) in [5.74, 6) is -1.27. The first-order valence-electron chi connectivity index (χ1n) is 10.4. The fourth-order valence-electron chi connectivity index (χ4n) is 4.30. The molecule has 9 heteroatoms. The monoisotopic (exact) mass is 459 g/mol. The van der Waals surface area contributed by atoms with Crippen LogP contribution in [0.25, 0.3) is 0 Å². The van der Waals surface area contributed by atoms with E-state index in [-0.39, 0.29) is 30.3 Å². The lowest BCUT2D eigenvalue weighted by Gasteiger charge is -2.30. The molecule has 2 heterocycles. The number of nitrogens with one attached hydrogen (secondary N) is 2. The average Bonchev–Trinajstić information content (AvgIpc) is 3.49. The molecule has 0 atom stereocenters. The number of carbonyl (C=O) groups excluding carboxylic acids is 2. The van der Waals surface area contributed by atoms with Crippen molar-refractivity contribution in [2.45, 2.75) is 44.4 Å². The van der Waals surface area contributed by atoms with Crippen molar-refractivity contribution in [2.24, 2.45) is 0 Å². The third kappa shape index (κ3) is 4.57. The average molecular weight is 460 g/mol. The highest BCUT2D eigenvalue weighted by atomic mass is 32.1. The lowest BCUT2D eigenvalue weighted by molar-refractivity contribution is -0.120. The number of hydrogen-bond donors (Lipinski definition) is 2. The summed E-state index contributed by atoms with van der Waals surface area (Å²) in [6.45, 7) is 1.86. The van der Waals surface area contributed by atoms with Gasteiger partial charge in [-0.1, -0.05) is 18.9 Å². The topological polar surface area (TPSA) is 84.2 Å². The highest BCUT2D eigenvalue weighted by Gasteiger charge is 2.40. The van der Waals surface area contributed by atoms with Gasteiger partial charge in [-0.3, -0.25) is 14.9 Å². The van der Waals surface area contributed by atoms with Crippen molar-refractivity contribution in [3.8, 4) is 0 Å². The molecule has 2 N–H and O–H groups in total. The molecule has 1 saturated carbocycles. The third-order valence-electron chi connectivity index (χ3n) is 5.90. The number of aryl methyl sites for hydroxylation is 1. The summed E-state index contributed by atoms with van der Waals surface area (Å²) in [7, 11) is 0. The first kappa shape index (κ1) is 22.1. The van der Waals surface area contributed by atoms with Gasteiger partial charge in [0.05, 0.1) is 23.9 Å². The predicted molar refractivity (Wildman–Crippen MR) is 117 cm³/mol. The molecule has 4 rings (SSSR count). The molecule has 0 spiro atoms. The van der Waals surface area contributed by atoms with Crippen molar-refractivity contribution in [1.82, 2.24) is 10.3 Å². The van der Waals surface area contributed by atoms with Gasteiger partial charge in [0.25, 0.3) is 5.91 Å². The van der Waals surface area contributed by atoms with Gasteiger partial charge in [0.1, 0.15) is 17.4 Å². The molecule has 0 saturated heterocycles. The number of carbonyl (C=O) groups is 2. The minimum absolute atomic E-state index is 0.00689. The minimum atomic E-state index is -0.741. The van der Waals surface area contributed by atoms with Crippen LogP contribution in [0.2, 0.25) is 0 Å². The molecule has 0 aliphatic heterocycles. The Kier molecular flexibility index (Phi) is 6.36. The summed E-state index contributed by atoms with van der Waals surface area (Å²) in [5, 5.41) is 7.60. The van der Waals surface area contributed by atoms with Crippen molar-refractivity contribution < 1.29 is 22.8 Å². The van der Waals surface area contributed by atoms with E-state index in [2.05, 4.69) is 15.6 Å². The maximum Gasteiger partial charge on any atom is 0.260 e. The van der Waals surface area contributed by atoms with Crippen molar-refractivity contribution in [3.05, 3.63) is 70.1 Å². The summed E-state index contributed by atoms with van der Waals surface area (Å²) in [5.41, 5.74) is 0.242. The fraction of sp³-hybridized carbons (Fsp3) is 0.348. The maximum absolute atomic E-state index is 14.5. The molecular formula is C23H23F2N3O3S. The fourth-order valence-corrected chi connectivity index (χ4v) is 5.00. The summed E-state index contributed by atoms with van der Waals surface area (Å²) < 4.78 is 34.0. The number of aromatic nitrogens is 1. The van der Waals surface area contributed by atoms with Gasteiger partial charge in [-0.2, -0.15) is 0 Å². The lowest BCUT2D eigenvalue weighted by atomic mass is 9.78. The molecule has 2 amide bonds. The molecule has 1 aromatic carbocycles. The van der Waals surface area contributed by atoms with Crippen LogP contribution in [0, 0.1) is 18.6 Å². The Balaban J connectivity index is 1.38. The number of amides is 2. The van der Waals surface area contributed by atoms with E-state index in [0.29, 0.717) is 35.0 Å². The zero-order chi connectivity index (χ0) is 22.7. The van der Waals surface area contributed by atoms with E-state index in [9.17, 15) is 18.4 Å². The summed E-state index contributed by atoms with van der Waals surface area (Å²) in [4.78, 5) is 29.1. The molecule has 1 aliphatic rings. The van der Waals surface area contributed by atoms with E-state index in [0.717, 1.165) is 12.8 Å². The second kappa shape index (κ2) is 9.20. The molecule has 1 fully saturated rings. The number of thiazole rings is 1.